The third kappa shape index (κ3) is 2.79. The van der Waals surface area contributed by atoms with Crippen LogP contribution in [-0.4, -0.2) is 23.1 Å². The van der Waals surface area contributed by atoms with E-state index in [1.54, 1.807) is 31.2 Å². The van der Waals surface area contributed by atoms with E-state index in [2.05, 4.69) is 30.4 Å². The predicted molar refractivity (Wildman–Crippen MR) is 99.2 cm³/mol. The van der Waals surface area contributed by atoms with Gasteiger partial charge >= 0.3 is 6.03 Å². The molecule has 2 heterocycles. The number of urea groups is 1. The average Bonchev–Trinajstić information content (AvgIpc) is 3.12. The van der Waals surface area contributed by atoms with Crippen molar-refractivity contribution in [1.82, 2.24) is 10.5 Å². The van der Waals surface area contributed by atoms with Crippen LogP contribution in [0.2, 0.25) is 0 Å². The van der Waals surface area contributed by atoms with Crippen LogP contribution in [-0.2, 0) is 4.79 Å². The zero-order valence-corrected chi connectivity index (χ0v) is 15.6. The largest absolute Gasteiger partial charge is 0.461 e. The zero-order chi connectivity index (χ0) is 19.3. The lowest BCUT2D eigenvalue weighted by molar-refractivity contribution is -0.117. The van der Waals surface area contributed by atoms with Gasteiger partial charge in [0.1, 0.15) is 17.6 Å². The number of nitrogens with one attached hydrogen (secondary N) is 1. The molecular weight excluding hydrogens is 346 g/mol. The molecule has 27 heavy (non-hydrogen) atoms. The Morgan fingerprint density at radius 3 is 2.48 bits per heavy atom. The molecule has 7 nitrogen and oxygen atoms in total. The van der Waals surface area contributed by atoms with Crippen LogP contribution in [0.5, 0.6) is 5.75 Å². The number of aromatic nitrogens is 1. The molecule has 1 aromatic carbocycles. The lowest BCUT2D eigenvalue weighted by Crippen LogP contribution is -2.36. The van der Waals surface area contributed by atoms with Gasteiger partial charge in [-0.3, -0.25) is 4.79 Å². The van der Waals surface area contributed by atoms with Crippen LogP contribution in [0, 0.1) is 18.8 Å². The van der Waals surface area contributed by atoms with Crippen LogP contribution >= 0.6 is 0 Å². The second-order valence-corrected chi connectivity index (χ2v) is 7.13. The number of anilines is 1. The first-order chi connectivity index (χ1) is 12.9. The Kier molecular flexibility index (Phi) is 4.02. The lowest BCUT2D eigenvalue weighted by atomic mass is 9.89. The van der Waals surface area contributed by atoms with Crippen molar-refractivity contribution in [2.75, 3.05) is 4.90 Å². The number of carbonyl (C=O) groups excluding carboxylic acids is 2. The summed E-state index contributed by atoms with van der Waals surface area (Å²) in [6.45, 7) is 7.77. The normalized spacial score (nSPS) is 24.5. The van der Waals surface area contributed by atoms with Crippen LogP contribution in [0.3, 0.4) is 0 Å². The fraction of sp³-hybridized carbons (Fsp3) is 0.350. The molecule has 1 saturated heterocycles. The minimum atomic E-state index is -0.514. The Bertz CT molecular complexity index is 1040. The number of rotatable bonds is 3. The van der Waals surface area contributed by atoms with E-state index >= 15 is 0 Å². The lowest BCUT2D eigenvalue weighted by Gasteiger charge is -2.23. The van der Waals surface area contributed by atoms with Gasteiger partial charge in [-0.2, -0.15) is 0 Å². The van der Waals surface area contributed by atoms with E-state index in [0.717, 1.165) is 27.0 Å². The highest BCUT2D eigenvalue weighted by atomic mass is 16.5. The van der Waals surface area contributed by atoms with Crippen LogP contribution in [0.25, 0.3) is 11.8 Å². The fourth-order valence-electron chi connectivity index (χ4n) is 3.43. The van der Waals surface area contributed by atoms with Crippen molar-refractivity contribution in [3.63, 3.8) is 0 Å². The van der Waals surface area contributed by atoms with Gasteiger partial charge in [-0.1, -0.05) is 19.0 Å². The molecule has 2 aromatic rings. The van der Waals surface area contributed by atoms with E-state index in [0.29, 0.717) is 11.4 Å². The molecule has 0 spiro atoms. The monoisotopic (exact) mass is 367 g/mol. The number of benzene rings is 1. The van der Waals surface area contributed by atoms with Gasteiger partial charge in [0.15, 0.2) is 5.42 Å². The summed E-state index contributed by atoms with van der Waals surface area (Å²) in [6.07, 6.45) is 2.06. The number of amides is 3. The van der Waals surface area contributed by atoms with Gasteiger partial charge in [-0.05, 0) is 50.1 Å². The van der Waals surface area contributed by atoms with Crippen LogP contribution in [0.4, 0.5) is 10.5 Å². The Labute approximate surface area is 156 Å². The average molecular weight is 367 g/mol. The molecule has 1 aliphatic heterocycles. The van der Waals surface area contributed by atoms with Crippen LogP contribution in [0.15, 0.2) is 28.8 Å². The minimum absolute atomic E-state index is 0.169. The molecule has 140 valence electrons. The number of imide groups is 1. The Hall–Kier alpha value is -3.09. The molecule has 2 unspecified atom stereocenters. The van der Waals surface area contributed by atoms with Crippen molar-refractivity contribution in [3.05, 3.63) is 40.6 Å². The highest BCUT2D eigenvalue weighted by Gasteiger charge is 2.36. The molecule has 1 aliphatic carbocycles. The third-order valence-electron chi connectivity index (χ3n) is 5.21. The summed E-state index contributed by atoms with van der Waals surface area (Å²) >= 11 is 0. The summed E-state index contributed by atoms with van der Waals surface area (Å²) in [6, 6.07) is 5.99. The Morgan fingerprint density at radius 2 is 1.85 bits per heavy atom. The number of hydrogen-bond acceptors (Lipinski definition) is 5. The second kappa shape index (κ2) is 6.26. The highest BCUT2D eigenvalue weighted by molar-refractivity contribution is 6.21. The van der Waals surface area contributed by atoms with Crippen molar-refractivity contribution >= 4 is 29.5 Å². The van der Waals surface area contributed by atoms with E-state index in [1.807, 2.05) is 6.92 Å². The first kappa shape index (κ1) is 17.3. The van der Waals surface area contributed by atoms with Crippen LogP contribution in [0.1, 0.15) is 26.5 Å². The summed E-state index contributed by atoms with van der Waals surface area (Å²) in [7, 11) is 0. The topological polar surface area (TPSA) is 84.7 Å². The Balaban J connectivity index is 1.66. The molecule has 1 aromatic heterocycles. The minimum Gasteiger partial charge on any atom is -0.461 e. The van der Waals surface area contributed by atoms with Gasteiger partial charge < -0.3 is 14.6 Å². The molecule has 1 fully saturated rings. The number of ether oxygens (including phenoxy) is 1. The molecule has 3 atom stereocenters. The maximum absolute atomic E-state index is 12.1. The number of fused-ring (bicyclic) bond motifs is 1. The molecule has 2 aliphatic rings. The van der Waals surface area contributed by atoms with E-state index in [9.17, 15) is 9.59 Å². The van der Waals surface area contributed by atoms with E-state index in [1.165, 1.54) is 0 Å². The third-order valence-corrected chi connectivity index (χ3v) is 5.21. The summed E-state index contributed by atoms with van der Waals surface area (Å²) in [5.74, 6) is 1.60. The summed E-state index contributed by atoms with van der Waals surface area (Å²) in [5.41, 5.74) is 2.04. The van der Waals surface area contributed by atoms with Crippen molar-refractivity contribution in [3.8, 4) is 5.75 Å². The maximum Gasteiger partial charge on any atom is 0.329 e. The predicted octanol–water partition coefficient (Wildman–Crippen LogP) is 1.68. The second-order valence-electron chi connectivity index (χ2n) is 7.13. The molecule has 0 radical (unpaired) electrons. The summed E-state index contributed by atoms with van der Waals surface area (Å²) in [5, 5.41) is 7.55. The Morgan fingerprint density at radius 1 is 1.15 bits per heavy atom. The van der Waals surface area contributed by atoms with Crippen molar-refractivity contribution < 1.29 is 18.8 Å². The van der Waals surface area contributed by atoms with Gasteiger partial charge in [-0.15, -0.1) is 0 Å². The SMILES string of the molecule is Cc1noc2c1=C(Oc1ccc(N3C(=O)N[C@H](C)C3=O)cc1)C(C)C(C)C=2. The number of hydrogen-bond donors (Lipinski definition) is 1. The van der Waals surface area contributed by atoms with Crippen molar-refractivity contribution in [2.45, 2.75) is 33.7 Å². The molecular formula is C20H21N3O4. The van der Waals surface area contributed by atoms with Crippen LogP contribution < -0.4 is 25.6 Å². The number of carbonyl (C=O) groups is 2. The fourth-order valence-corrected chi connectivity index (χ4v) is 3.43. The zero-order valence-electron chi connectivity index (χ0n) is 15.6. The molecule has 3 amide bonds. The van der Waals surface area contributed by atoms with E-state index in [4.69, 9.17) is 9.26 Å². The number of nitrogens with zero attached hydrogens (tertiary/aromatic N) is 2. The first-order valence-electron chi connectivity index (χ1n) is 8.97. The van der Waals surface area contributed by atoms with Gasteiger partial charge in [-0.25, -0.2) is 9.69 Å². The van der Waals surface area contributed by atoms with E-state index < -0.39 is 12.1 Å². The van der Waals surface area contributed by atoms with Crippen molar-refractivity contribution in [1.29, 1.82) is 0 Å². The number of aryl methyl sites for hydroxylation is 1. The van der Waals surface area contributed by atoms with Gasteiger partial charge in [0.05, 0.1) is 16.6 Å². The standard InChI is InChI=1S/C20H21N3O4/c1-10-9-16-17(12(3)22-27-16)18(11(10)2)26-15-7-5-14(6-8-15)23-19(24)13(4)21-20(23)25/h5-11,13H,1-4H3,(H,21,25)/t10?,11?,13-/m1/s1. The van der Waals surface area contributed by atoms with Gasteiger partial charge in [0, 0.05) is 5.92 Å². The summed E-state index contributed by atoms with van der Waals surface area (Å²) in [4.78, 5) is 25.2. The van der Waals surface area contributed by atoms with E-state index in [-0.39, 0.29) is 17.7 Å². The quantitative estimate of drug-likeness (QED) is 0.835. The van der Waals surface area contributed by atoms with Gasteiger partial charge in [0.25, 0.3) is 5.91 Å². The molecule has 1 N–H and O–H groups in total. The molecule has 0 bridgehead atoms. The summed E-state index contributed by atoms with van der Waals surface area (Å²) < 4.78 is 11.6. The van der Waals surface area contributed by atoms with Gasteiger partial charge in [0.2, 0.25) is 0 Å². The smallest absolute Gasteiger partial charge is 0.329 e. The molecule has 4 rings (SSSR count). The molecule has 7 heteroatoms. The van der Waals surface area contributed by atoms with Crippen molar-refractivity contribution in [2.24, 2.45) is 11.8 Å². The highest BCUT2D eigenvalue weighted by Crippen LogP contribution is 2.29. The first-order valence-corrected chi connectivity index (χ1v) is 8.97. The molecule has 0 saturated carbocycles. The maximum atomic E-state index is 12.1.